The van der Waals surface area contributed by atoms with Crippen LogP contribution in [0.2, 0.25) is 0 Å². The van der Waals surface area contributed by atoms with Crippen molar-refractivity contribution in [1.29, 1.82) is 0 Å². The molecule has 7 aromatic rings. The second-order valence-corrected chi connectivity index (χ2v) is 20.3. The second-order valence-electron chi connectivity index (χ2n) is 13.4. The highest BCUT2D eigenvalue weighted by Gasteiger charge is 2.50. The third-order valence-electron chi connectivity index (χ3n) is 10.3. The van der Waals surface area contributed by atoms with Crippen LogP contribution in [0.1, 0.15) is 29.4 Å². The molecule has 6 aromatic carbocycles. The summed E-state index contributed by atoms with van der Waals surface area (Å²) in [5.41, 5.74) is 4.40. The van der Waals surface area contributed by atoms with E-state index in [1.165, 1.54) is 37.4 Å². The minimum atomic E-state index is -2.30. The molecule has 0 aliphatic carbocycles. The summed E-state index contributed by atoms with van der Waals surface area (Å²) in [6.07, 6.45) is 1.21. The fourth-order valence-corrected chi connectivity index (χ4v) is 16.4. The first kappa shape index (κ1) is 34.2. The molecule has 0 N–H and O–H groups in total. The Morgan fingerprint density at radius 2 is 0.827 bits per heavy atom. The van der Waals surface area contributed by atoms with Gasteiger partial charge in [-0.05, 0) is 86.6 Å². The Bertz CT molecular complexity index is 2040. The van der Waals surface area contributed by atoms with Crippen LogP contribution in [0.4, 0.5) is 0 Å². The van der Waals surface area contributed by atoms with Gasteiger partial charge in [-0.2, -0.15) is 0 Å². The van der Waals surface area contributed by atoms with E-state index in [0.29, 0.717) is 6.61 Å². The zero-order valence-corrected chi connectivity index (χ0v) is 31.5. The molecule has 256 valence electrons. The van der Waals surface area contributed by atoms with Crippen LogP contribution in [0, 0.1) is 6.92 Å². The maximum Gasteiger partial charge on any atom is 0.197 e. The van der Waals surface area contributed by atoms with Crippen molar-refractivity contribution < 1.29 is 9.47 Å². The van der Waals surface area contributed by atoms with Gasteiger partial charge in [0.15, 0.2) is 6.29 Å². The molecular weight excluding hydrogens is 672 g/mol. The van der Waals surface area contributed by atoms with E-state index in [2.05, 4.69) is 189 Å². The molecular formula is C47H43NO2P2+2. The predicted molar refractivity (Wildman–Crippen MR) is 222 cm³/mol. The van der Waals surface area contributed by atoms with Gasteiger partial charge in [-0.3, -0.25) is 0 Å². The lowest BCUT2D eigenvalue weighted by Crippen LogP contribution is -2.35. The van der Waals surface area contributed by atoms with E-state index in [-0.39, 0.29) is 6.29 Å². The van der Waals surface area contributed by atoms with Crippen LogP contribution < -0.4 is 36.6 Å². The number of aryl methyl sites for hydroxylation is 1. The highest BCUT2D eigenvalue weighted by molar-refractivity contribution is 7.95. The van der Waals surface area contributed by atoms with Gasteiger partial charge >= 0.3 is 0 Å². The van der Waals surface area contributed by atoms with Crippen molar-refractivity contribution in [2.75, 3.05) is 0 Å². The Morgan fingerprint density at radius 1 is 0.500 bits per heavy atom. The Balaban J connectivity index is 1.44. The van der Waals surface area contributed by atoms with Gasteiger partial charge in [-0.15, -0.1) is 0 Å². The molecule has 1 unspecified atom stereocenters. The normalized spacial score (nSPS) is 14.3. The fraction of sp³-hybridized carbons (Fsp3) is 0.128. The summed E-state index contributed by atoms with van der Waals surface area (Å²) in [5.74, 6) is 0.868. The molecule has 0 bridgehead atoms. The first-order valence-electron chi connectivity index (χ1n) is 18.0. The highest BCUT2D eigenvalue weighted by atomic mass is 31.2. The summed E-state index contributed by atoms with van der Waals surface area (Å²) < 4.78 is 12.9. The van der Waals surface area contributed by atoms with Crippen LogP contribution in [0.5, 0.6) is 5.75 Å². The maximum atomic E-state index is 6.51. The Morgan fingerprint density at radius 3 is 1.17 bits per heavy atom. The first-order chi connectivity index (χ1) is 25.6. The van der Waals surface area contributed by atoms with Crippen molar-refractivity contribution >= 4 is 46.4 Å². The summed E-state index contributed by atoms with van der Waals surface area (Å²) in [7, 11) is -4.58. The Labute approximate surface area is 309 Å². The lowest BCUT2D eigenvalue weighted by Gasteiger charge is -2.33. The minimum absolute atomic E-state index is 0.340. The molecule has 0 fully saturated rings. The molecule has 3 nitrogen and oxygen atoms in total. The topological polar surface area (TPSA) is 31.4 Å². The van der Waals surface area contributed by atoms with E-state index in [9.17, 15) is 0 Å². The van der Waals surface area contributed by atoms with Gasteiger partial charge in [-0.25, -0.2) is 4.98 Å². The molecule has 0 amide bonds. The molecule has 1 atom stereocenters. The molecule has 0 spiro atoms. The van der Waals surface area contributed by atoms with Gasteiger partial charge in [0.2, 0.25) is 0 Å². The molecule has 2 heterocycles. The number of fused-ring (bicyclic) bond motifs is 1. The van der Waals surface area contributed by atoms with Gasteiger partial charge in [0, 0.05) is 11.1 Å². The van der Waals surface area contributed by atoms with E-state index in [4.69, 9.17) is 14.5 Å². The summed E-state index contributed by atoms with van der Waals surface area (Å²) in [5, 5.41) is 8.04. The number of hydrogen-bond acceptors (Lipinski definition) is 3. The van der Waals surface area contributed by atoms with Crippen LogP contribution in [-0.4, -0.2) is 11.3 Å². The Kier molecular flexibility index (Phi) is 9.85. The molecule has 0 saturated heterocycles. The quantitative estimate of drug-likeness (QED) is 0.133. The lowest BCUT2D eigenvalue weighted by atomic mass is 10.1. The number of benzene rings is 6. The molecule has 1 aromatic heterocycles. The van der Waals surface area contributed by atoms with Gasteiger partial charge in [0.05, 0.1) is 18.0 Å². The van der Waals surface area contributed by atoms with Crippen molar-refractivity contribution in [1.82, 2.24) is 4.98 Å². The fourth-order valence-electron chi connectivity index (χ4n) is 7.88. The summed E-state index contributed by atoms with van der Waals surface area (Å²) >= 11 is 0. The number of ether oxygens (including phenoxy) is 2. The zero-order chi connectivity index (χ0) is 35.4. The Hall–Kier alpha value is -4.91. The first-order valence-corrected chi connectivity index (χ1v) is 21.9. The standard InChI is InChI=1S/C47H43NO2P2/c1-36-47-44(33-49-37(2)50-47)45(34-51(38-21-9-3-10-22-38,39-23-11-4-12-24-39)40-25-13-5-14-26-40)46(48-36)35-52(41-27-15-6-16-28-41,42-29-17-7-18-30-42)43-31-19-8-20-32-43/h3-32,37H,33-35H2,1-2H3/q+2. The van der Waals surface area contributed by atoms with Crippen LogP contribution in [-0.2, 0) is 23.7 Å². The minimum Gasteiger partial charge on any atom is -0.463 e. The second kappa shape index (κ2) is 15.0. The van der Waals surface area contributed by atoms with E-state index in [0.717, 1.165) is 35.0 Å². The van der Waals surface area contributed by atoms with Gasteiger partial charge in [-0.1, -0.05) is 109 Å². The highest BCUT2D eigenvalue weighted by Crippen LogP contribution is 2.62. The van der Waals surface area contributed by atoms with Crippen LogP contribution >= 0.6 is 14.5 Å². The molecule has 0 radical (unpaired) electrons. The average Bonchev–Trinajstić information content (AvgIpc) is 3.22. The van der Waals surface area contributed by atoms with E-state index in [1.807, 2.05) is 6.92 Å². The predicted octanol–water partition coefficient (Wildman–Crippen LogP) is 8.63. The average molecular weight is 716 g/mol. The van der Waals surface area contributed by atoms with E-state index in [1.54, 1.807) is 0 Å². The smallest absolute Gasteiger partial charge is 0.197 e. The molecule has 1 aliphatic heterocycles. The number of aromatic nitrogens is 1. The largest absolute Gasteiger partial charge is 0.463 e. The molecule has 5 heteroatoms. The number of hydrogen-bond donors (Lipinski definition) is 0. The monoisotopic (exact) mass is 715 g/mol. The molecule has 0 saturated carbocycles. The lowest BCUT2D eigenvalue weighted by molar-refractivity contribution is -0.0954. The third kappa shape index (κ3) is 6.29. The summed E-state index contributed by atoms with van der Waals surface area (Å²) in [6, 6.07) is 66.8. The molecule has 1 aliphatic rings. The maximum absolute atomic E-state index is 6.51. The number of nitrogens with zero attached hydrogens (tertiary/aromatic N) is 1. The zero-order valence-electron chi connectivity index (χ0n) is 29.7. The molecule has 52 heavy (non-hydrogen) atoms. The van der Waals surface area contributed by atoms with E-state index < -0.39 is 14.5 Å². The van der Waals surface area contributed by atoms with Gasteiger partial charge in [0.1, 0.15) is 64.4 Å². The van der Waals surface area contributed by atoms with Gasteiger partial charge in [0.25, 0.3) is 0 Å². The molecule has 8 rings (SSSR count). The van der Waals surface area contributed by atoms with Gasteiger partial charge < -0.3 is 9.47 Å². The van der Waals surface area contributed by atoms with Crippen LogP contribution in [0.3, 0.4) is 0 Å². The van der Waals surface area contributed by atoms with Crippen molar-refractivity contribution in [2.45, 2.75) is 39.1 Å². The SMILES string of the molecule is Cc1nc(C[P+](c2ccccc2)(c2ccccc2)c2ccccc2)c(C[P+](c2ccccc2)(c2ccccc2)c2ccccc2)c2c1OC(C)OC2. The third-order valence-corrected chi connectivity index (χ3v) is 19.0. The van der Waals surface area contributed by atoms with E-state index >= 15 is 0 Å². The van der Waals surface area contributed by atoms with Crippen LogP contribution in [0.25, 0.3) is 0 Å². The number of rotatable bonds is 10. The summed E-state index contributed by atoms with van der Waals surface area (Å²) in [4.78, 5) is 5.61. The van der Waals surface area contributed by atoms with Crippen LogP contribution in [0.15, 0.2) is 182 Å². The van der Waals surface area contributed by atoms with Crippen molar-refractivity contribution in [2.24, 2.45) is 0 Å². The number of pyridine rings is 1. The van der Waals surface area contributed by atoms with Crippen molar-refractivity contribution in [3.8, 4) is 5.75 Å². The van der Waals surface area contributed by atoms with Crippen molar-refractivity contribution in [3.63, 3.8) is 0 Å². The summed E-state index contributed by atoms with van der Waals surface area (Å²) in [6.45, 7) is 4.56. The van der Waals surface area contributed by atoms with Crippen molar-refractivity contribution in [3.05, 3.63) is 205 Å².